The molecule has 0 aliphatic carbocycles. The molecule has 7 rings (SSSR count). The van der Waals surface area contributed by atoms with Gasteiger partial charge in [0.25, 0.3) is 15.7 Å². The molecule has 12 heteroatoms. The van der Waals surface area contributed by atoms with E-state index >= 15 is 0 Å². The van der Waals surface area contributed by atoms with Crippen LogP contribution in [0.15, 0.2) is 78.2 Å². The van der Waals surface area contributed by atoms with Crippen LogP contribution in [0.5, 0.6) is 5.75 Å². The molecule has 240 valence electrons. The van der Waals surface area contributed by atoms with E-state index in [9.17, 15) is 18.3 Å². The van der Waals surface area contributed by atoms with Gasteiger partial charge in [-0.2, -0.15) is 8.42 Å². The van der Waals surface area contributed by atoms with Crippen LogP contribution < -0.4 is 15.2 Å². The molecule has 1 unspecified atom stereocenters. The fourth-order valence-electron chi connectivity index (χ4n) is 6.75. The third kappa shape index (κ3) is 6.69. The minimum Gasteiger partial charge on any atom is -0.497 e. The zero-order valence-corrected chi connectivity index (χ0v) is 26.9. The molecule has 45 heavy (non-hydrogen) atoms. The summed E-state index contributed by atoms with van der Waals surface area (Å²) in [5, 5.41) is 12.1. The molecule has 11 nitrogen and oxygen atoms in total. The molecule has 3 saturated heterocycles. The highest BCUT2D eigenvalue weighted by Crippen LogP contribution is 2.42. The summed E-state index contributed by atoms with van der Waals surface area (Å²) < 4.78 is 39.4. The summed E-state index contributed by atoms with van der Waals surface area (Å²) in [5.74, 6) is 1.37. The molecule has 0 radical (unpaired) electrons. The van der Waals surface area contributed by atoms with Gasteiger partial charge in [0.15, 0.2) is 0 Å². The molecule has 0 saturated carbocycles. The van der Waals surface area contributed by atoms with Crippen molar-refractivity contribution >= 4 is 26.7 Å². The normalized spacial score (nSPS) is 21.6. The predicted octanol–water partition coefficient (Wildman–Crippen LogP) is 3.94. The number of hydrogen-bond donors (Lipinski definition) is 2. The second-order valence-corrected chi connectivity index (χ2v) is 13.2. The Morgan fingerprint density at radius 3 is 2.56 bits per heavy atom. The first kappa shape index (κ1) is 32.4. The van der Waals surface area contributed by atoms with Crippen LogP contribution in [0.1, 0.15) is 30.2 Å². The van der Waals surface area contributed by atoms with Gasteiger partial charge in [0.05, 0.1) is 30.1 Å². The van der Waals surface area contributed by atoms with Crippen molar-refractivity contribution in [3.05, 3.63) is 95.1 Å². The van der Waals surface area contributed by atoms with Crippen LogP contribution in [0.25, 0.3) is 16.6 Å². The summed E-state index contributed by atoms with van der Waals surface area (Å²) in [6.45, 7) is 7.79. The standard InChI is InChI=1S/C20H24N2O2.C13H17N3O4S/c1-3-13-12-22-9-7-14(13)10-19(22)20(23)16-6-8-21-18-5-4-15(24-2)11-17(16)18;1-10-12(14(2)9-21(18,19)20)13(17)16(15(10)3)11-7-5-4-6-8-11/h3-6,8,11,13-14,19-20,23H,1,7,9-10,12H2,2H3;4-8H,9H2,1-3H3,(H,18,19,20)/t13-,14-,19-,20+;/m0./s1. The molecule has 0 amide bonds. The van der Waals surface area contributed by atoms with E-state index in [1.165, 1.54) is 23.1 Å². The van der Waals surface area contributed by atoms with Gasteiger partial charge in [-0.1, -0.05) is 24.3 Å². The van der Waals surface area contributed by atoms with Gasteiger partial charge in [0, 0.05) is 38.3 Å². The SMILES string of the molecule is C=C[C@H]1CN2CC[C@H]1C[C@H]2[C@H](O)c1ccnc2ccc(OC)cc12.Cc1c(N(C)CS(=O)(=O)O)c(=O)n(-c2ccccc2)n1C. The smallest absolute Gasteiger partial charge is 0.295 e. The van der Waals surface area contributed by atoms with Crippen molar-refractivity contribution in [2.45, 2.75) is 31.9 Å². The number of aliphatic hydroxyl groups excluding tert-OH is 1. The number of rotatable bonds is 8. The monoisotopic (exact) mass is 635 g/mol. The summed E-state index contributed by atoms with van der Waals surface area (Å²) >= 11 is 0. The summed E-state index contributed by atoms with van der Waals surface area (Å²) in [6.07, 6.45) is 5.62. The third-order valence-corrected chi connectivity index (χ3v) is 9.80. The van der Waals surface area contributed by atoms with Crippen LogP contribution in [0.4, 0.5) is 5.69 Å². The number of fused-ring (bicyclic) bond motifs is 4. The fourth-order valence-corrected chi connectivity index (χ4v) is 7.37. The number of para-hydroxylation sites is 1. The maximum atomic E-state index is 12.6. The maximum absolute atomic E-state index is 12.6. The maximum Gasteiger partial charge on any atom is 0.295 e. The van der Waals surface area contributed by atoms with Crippen molar-refractivity contribution in [1.29, 1.82) is 0 Å². The summed E-state index contributed by atoms with van der Waals surface area (Å²) in [4.78, 5) is 20.6. The van der Waals surface area contributed by atoms with E-state index in [2.05, 4.69) is 22.5 Å². The summed E-state index contributed by atoms with van der Waals surface area (Å²) in [5.41, 5.74) is 3.03. The lowest BCUT2D eigenvalue weighted by Crippen LogP contribution is -2.54. The van der Waals surface area contributed by atoms with E-state index in [1.54, 1.807) is 44.1 Å². The van der Waals surface area contributed by atoms with Crippen LogP contribution in [-0.4, -0.2) is 76.5 Å². The van der Waals surface area contributed by atoms with Gasteiger partial charge >= 0.3 is 0 Å². The fraction of sp³-hybridized carbons (Fsp3) is 0.394. The van der Waals surface area contributed by atoms with Gasteiger partial charge in [-0.15, -0.1) is 6.58 Å². The number of benzene rings is 2. The first-order chi connectivity index (χ1) is 21.4. The number of piperidine rings is 3. The van der Waals surface area contributed by atoms with Gasteiger partial charge in [-0.25, -0.2) is 4.68 Å². The lowest BCUT2D eigenvalue weighted by atomic mass is 9.73. The van der Waals surface area contributed by atoms with Gasteiger partial charge in [-0.3, -0.25) is 23.9 Å². The highest BCUT2D eigenvalue weighted by Gasteiger charge is 2.42. The molecule has 3 aliphatic heterocycles. The van der Waals surface area contributed by atoms with Crippen LogP contribution in [0.3, 0.4) is 0 Å². The van der Waals surface area contributed by atoms with Crippen LogP contribution in [0, 0.1) is 18.8 Å². The Morgan fingerprint density at radius 2 is 1.93 bits per heavy atom. The second-order valence-electron chi connectivity index (χ2n) is 11.8. The Kier molecular flexibility index (Phi) is 9.49. The number of anilines is 1. The first-order valence-electron chi connectivity index (χ1n) is 14.9. The Bertz CT molecular complexity index is 1840. The molecule has 3 aliphatic rings. The number of aromatic nitrogens is 3. The zero-order valence-electron chi connectivity index (χ0n) is 26.1. The largest absolute Gasteiger partial charge is 0.497 e. The second kappa shape index (κ2) is 13.2. The number of nitrogens with zero attached hydrogens (tertiary/aromatic N) is 5. The Hall–Kier alpha value is -3.97. The van der Waals surface area contributed by atoms with E-state index in [1.807, 2.05) is 42.5 Å². The lowest BCUT2D eigenvalue weighted by molar-refractivity contribution is -0.0444. The topological polar surface area (TPSA) is 130 Å². The average Bonchev–Trinajstić information content (AvgIpc) is 3.26. The molecule has 2 aromatic heterocycles. The van der Waals surface area contributed by atoms with Crippen molar-refractivity contribution in [1.82, 2.24) is 19.2 Å². The lowest BCUT2D eigenvalue weighted by Gasteiger charge is -2.50. The van der Waals surface area contributed by atoms with E-state index in [4.69, 9.17) is 9.29 Å². The molecular formula is C33H41N5O6S. The minimum atomic E-state index is -4.20. The molecule has 5 heterocycles. The number of methoxy groups -OCH3 is 1. The molecule has 2 bridgehead atoms. The molecular weight excluding hydrogens is 594 g/mol. The molecule has 2 N–H and O–H groups in total. The van der Waals surface area contributed by atoms with Crippen molar-refractivity contribution in [3.8, 4) is 11.4 Å². The van der Waals surface area contributed by atoms with E-state index in [0.717, 1.165) is 41.7 Å². The highest BCUT2D eigenvalue weighted by molar-refractivity contribution is 7.85. The summed E-state index contributed by atoms with van der Waals surface area (Å²) in [7, 11) is 0.625. The van der Waals surface area contributed by atoms with Gasteiger partial charge in [-0.05, 0) is 80.1 Å². The zero-order chi connectivity index (χ0) is 32.5. The van der Waals surface area contributed by atoms with Crippen molar-refractivity contribution in [2.24, 2.45) is 18.9 Å². The number of ether oxygens (including phenoxy) is 1. The molecule has 5 atom stereocenters. The van der Waals surface area contributed by atoms with Crippen molar-refractivity contribution in [2.75, 3.05) is 38.0 Å². The van der Waals surface area contributed by atoms with Gasteiger partial charge in [0.1, 0.15) is 17.3 Å². The van der Waals surface area contributed by atoms with Crippen LogP contribution in [0.2, 0.25) is 0 Å². The Labute approximate surface area is 263 Å². The molecule has 0 spiro atoms. The molecule has 3 fully saturated rings. The van der Waals surface area contributed by atoms with E-state index < -0.39 is 22.1 Å². The van der Waals surface area contributed by atoms with Crippen LogP contribution in [-0.2, 0) is 17.2 Å². The molecule has 4 aromatic rings. The van der Waals surface area contributed by atoms with Gasteiger partial charge < -0.3 is 14.7 Å². The quantitative estimate of drug-likeness (QED) is 0.218. The van der Waals surface area contributed by atoms with E-state index in [-0.39, 0.29) is 17.3 Å². The van der Waals surface area contributed by atoms with Gasteiger partial charge in [0.2, 0.25) is 0 Å². The first-order valence-corrected chi connectivity index (χ1v) is 16.5. The number of aliphatic hydroxyl groups is 1. The predicted molar refractivity (Wildman–Crippen MR) is 176 cm³/mol. The van der Waals surface area contributed by atoms with Crippen molar-refractivity contribution in [3.63, 3.8) is 0 Å². The third-order valence-electron chi connectivity index (χ3n) is 9.08. The average molecular weight is 636 g/mol. The number of pyridine rings is 1. The number of hydrogen-bond acceptors (Lipinski definition) is 8. The summed E-state index contributed by atoms with van der Waals surface area (Å²) in [6, 6.07) is 17.0. The van der Waals surface area contributed by atoms with Crippen molar-refractivity contribution < 1.29 is 22.8 Å². The van der Waals surface area contributed by atoms with E-state index in [0.29, 0.717) is 23.2 Å². The highest BCUT2D eigenvalue weighted by atomic mass is 32.2. The minimum absolute atomic E-state index is 0.178. The Morgan fingerprint density at radius 1 is 1.20 bits per heavy atom. The Balaban J connectivity index is 0.000000180. The van der Waals surface area contributed by atoms with Crippen LogP contribution >= 0.6 is 0 Å². The molecule has 2 aromatic carbocycles.